The highest BCUT2D eigenvalue weighted by Crippen LogP contribution is 2.05. The van der Waals surface area contributed by atoms with Gasteiger partial charge in [0.2, 0.25) is 0 Å². The molecule has 0 atom stereocenters. The molecule has 1 heteroatoms. The lowest BCUT2D eigenvalue weighted by Crippen LogP contribution is -2.20. The fourth-order valence-corrected chi connectivity index (χ4v) is 1.68. The van der Waals surface area contributed by atoms with Crippen molar-refractivity contribution in [1.82, 2.24) is 5.32 Å². The largest absolute Gasteiger partial charge is 0.316 e. The Morgan fingerprint density at radius 1 is 0.938 bits per heavy atom. The van der Waals surface area contributed by atoms with Crippen LogP contribution in [0.2, 0.25) is 0 Å². The van der Waals surface area contributed by atoms with Gasteiger partial charge in [-0.25, -0.2) is 0 Å². The van der Waals surface area contributed by atoms with Crippen LogP contribution in [-0.4, -0.2) is 13.1 Å². The van der Waals surface area contributed by atoms with Crippen molar-refractivity contribution in [3.8, 4) is 0 Å². The van der Waals surface area contributed by atoms with E-state index in [1.165, 1.54) is 44.9 Å². The summed E-state index contributed by atoms with van der Waals surface area (Å²) in [4.78, 5) is 0. The maximum atomic E-state index is 3.45. The molecule has 0 spiro atoms. The van der Waals surface area contributed by atoms with Gasteiger partial charge in [-0.05, 0) is 38.3 Å². The van der Waals surface area contributed by atoms with E-state index in [4.69, 9.17) is 0 Å². The summed E-state index contributed by atoms with van der Waals surface area (Å²) in [6.07, 6.45) is 14.1. The first kappa shape index (κ1) is 15.7. The van der Waals surface area contributed by atoms with Gasteiger partial charge in [-0.2, -0.15) is 0 Å². The van der Waals surface area contributed by atoms with E-state index >= 15 is 0 Å². The summed E-state index contributed by atoms with van der Waals surface area (Å²) in [6, 6.07) is 0. The van der Waals surface area contributed by atoms with Crippen LogP contribution in [0.5, 0.6) is 0 Å². The molecule has 0 aromatic heterocycles. The summed E-state index contributed by atoms with van der Waals surface area (Å²) in [7, 11) is 0. The molecule has 0 aliphatic heterocycles. The standard InChI is InChI=1S/C15H31N/c1-4-5-6-7-8-9-10-11-12-13-16-14-15(2)3/h10-11,15-16H,4-9,12-14H2,1-3H3. The highest BCUT2D eigenvalue weighted by molar-refractivity contribution is 4.82. The lowest BCUT2D eigenvalue weighted by Gasteiger charge is -2.04. The van der Waals surface area contributed by atoms with Gasteiger partial charge in [0, 0.05) is 0 Å². The lowest BCUT2D eigenvalue weighted by molar-refractivity contribution is 0.556. The van der Waals surface area contributed by atoms with Gasteiger partial charge in [-0.3, -0.25) is 0 Å². The quantitative estimate of drug-likeness (QED) is 0.402. The minimum Gasteiger partial charge on any atom is -0.316 e. The Hall–Kier alpha value is -0.300. The van der Waals surface area contributed by atoms with Gasteiger partial charge in [0.1, 0.15) is 0 Å². The summed E-state index contributed by atoms with van der Waals surface area (Å²) in [5.74, 6) is 0.766. The monoisotopic (exact) mass is 225 g/mol. The predicted octanol–water partition coefficient (Wildman–Crippen LogP) is 4.54. The van der Waals surface area contributed by atoms with Crippen LogP contribution in [0.1, 0.15) is 65.7 Å². The third kappa shape index (κ3) is 13.7. The van der Waals surface area contributed by atoms with Crippen molar-refractivity contribution >= 4 is 0 Å². The number of hydrogen-bond donors (Lipinski definition) is 1. The molecule has 0 unspecified atom stereocenters. The maximum absolute atomic E-state index is 3.45. The summed E-state index contributed by atoms with van der Waals surface area (Å²) < 4.78 is 0. The Kier molecular flexibility index (Phi) is 12.5. The van der Waals surface area contributed by atoms with Crippen LogP contribution in [0.4, 0.5) is 0 Å². The van der Waals surface area contributed by atoms with E-state index in [9.17, 15) is 0 Å². The number of rotatable bonds is 11. The third-order valence-corrected chi connectivity index (χ3v) is 2.68. The van der Waals surface area contributed by atoms with Crippen LogP contribution >= 0.6 is 0 Å². The average molecular weight is 225 g/mol. The smallest absolute Gasteiger partial charge is 0.00142 e. The molecule has 96 valence electrons. The van der Waals surface area contributed by atoms with Gasteiger partial charge in [0.05, 0.1) is 0 Å². The zero-order chi connectivity index (χ0) is 12.1. The van der Waals surface area contributed by atoms with Gasteiger partial charge >= 0.3 is 0 Å². The third-order valence-electron chi connectivity index (χ3n) is 2.68. The van der Waals surface area contributed by atoms with Crippen molar-refractivity contribution in [3.63, 3.8) is 0 Å². The minimum atomic E-state index is 0.766. The molecule has 0 fully saturated rings. The van der Waals surface area contributed by atoms with Gasteiger partial charge < -0.3 is 5.32 Å². The highest BCUT2D eigenvalue weighted by Gasteiger charge is 1.90. The van der Waals surface area contributed by atoms with Gasteiger partial charge in [-0.15, -0.1) is 0 Å². The first-order valence-corrected chi connectivity index (χ1v) is 7.13. The maximum Gasteiger partial charge on any atom is -0.00142 e. The van der Waals surface area contributed by atoms with Crippen molar-refractivity contribution in [2.24, 2.45) is 5.92 Å². The van der Waals surface area contributed by atoms with Crippen molar-refractivity contribution in [2.75, 3.05) is 13.1 Å². The molecule has 0 aliphatic carbocycles. The molecule has 0 bridgehead atoms. The molecule has 0 saturated heterocycles. The Balaban J connectivity index is 3.04. The number of unbranched alkanes of at least 4 members (excludes halogenated alkanes) is 5. The second-order valence-corrected chi connectivity index (χ2v) is 5.06. The van der Waals surface area contributed by atoms with Crippen LogP contribution in [0.3, 0.4) is 0 Å². The molecule has 0 aromatic carbocycles. The molecule has 0 aromatic rings. The molecule has 1 nitrogen and oxygen atoms in total. The van der Waals surface area contributed by atoms with Crippen LogP contribution in [-0.2, 0) is 0 Å². The van der Waals surface area contributed by atoms with Gasteiger partial charge in [0.15, 0.2) is 0 Å². The zero-order valence-electron chi connectivity index (χ0n) is 11.6. The fourth-order valence-electron chi connectivity index (χ4n) is 1.68. The average Bonchev–Trinajstić information content (AvgIpc) is 2.25. The van der Waals surface area contributed by atoms with Crippen molar-refractivity contribution < 1.29 is 0 Å². The first-order valence-electron chi connectivity index (χ1n) is 7.13. The molecule has 0 amide bonds. The second kappa shape index (κ2) is 12.8. The second-order valence-electron chi connectivity index (χ2n) is 5.06. The van der Waals surface area contributed by atoms with E-state index in [2.05, 4.69) is 38.2 Å². The molecule has 0 radical (unpaired) electrons. The van der Waals surface area contributed by atoms with E-state index in [-0.39, 0.29) is 0 Å². The molecule has 0 aliphatic rings. The number of nitrogens with one attached hydrogen (secondary N) is 1. The first-order chi connectivity index (χ1) is 7.77. The van der Waals surface area contributed by atoms with Crippen LogP contribution in [0.25, 0.3) is 0 Å². The Labute approximate surface area is 103 Å². The van der Waals surface area contributed by atoms with Gasteiger partial charge in [-0.1, -0.05) is 58.6 Å². The van der Waals surface area contributed by atoms with E-state index in [1.807, 2.05) is 0 Å². The number of allylic oxidation sites excluding steroid dienone is 1. The fraction of sp³-hybridized carbons (Fsp3) is 0.867. The Bertz CT molecular complexity index is 150. The SMILES string of the molecule is CCCCCCCC=CCCNCC(C)C. The molecular formula is C15H31N. The van der Waals surface area contributed by atoms with E-state index in [0.29, 0.717) is 0 Å². The minimum absolute atomic E-state index is 0.766. The molecule has 0 heterocycles. The topological polar surface area (TPSA) is 12.0 Å². The van der Waals surface area contributed by atoms with Crippen molar-refractivity contribution in [1.29, 1.82) is 0 Å². The summed E-state index contributed by atoms with van der Waals surface area (Å²) in [5, 5.41) is 3.45. The van der Waals surface area contributed by atoms with Crippen LogP contribution in [0.15, 0.2) is 12.2 Å². The van der Waals surface area contributed by atoms with E-state index in [0.717, 1.165) is 19.0 Å². The van der Waals surface area contributed by atoms with E-state index < -0.39 is 0 Å². The normalized spacial score (nSPS) is 11.8. The van der Waals surface area contributed by atoms with Crippen LogP contribution < -0.4 is 5.32 Å². The lowest BCUT2D eigenvalue weighted by atomic mass is 10.1. The molecule has 0 saturated carbocycles. The molecule has 16 heavy (non-hydrogen) atoms. The van der Waals surface area contributed by atoms with Crippen molar-refractivity contribution in [3.05, 3.63) is 12.2 Å². The zero-order valence-corrected chi connectivity index (χ0v) is 11.6. The number of hydrogen-bond acceptors (Lipinski definition) is 1. The van der Waals surface area contributed by atoms with Gasteiger partial charge in [0.25, 0.3) is 0 Å². The van der Waals surface area contributed by atoms with Crippen molar-refractivity contribution in [2.45, 2.75) is 65.7 Å². The Morgan fingerprint density at radius 3 is 2.31 bits per heavy atom. The summed E-state index contributed by atoms with van der Waals surface area (Å²) >= 11 is 0. The predicted molar refractivity (Wildman–Crippen MR) is 74.8 cm³/mol. The summed E-state index contributed by atoms with van der Waals surface area (Å²) in [5.41, 5.74) is 0. The Morgan fingerprint density at radius 2 is 1.62 bits per heavy atom. The van der Waals surface area contributed by atoms with Crippen LogP contribution in [0, 0.1) is 5.92 Å². The summed E-state index contributed by atoms with van der Waals surface area (Å²) in [6.45, 7) is 9.04. The molecule has 0 rings (SSSR count). The molecule has 1 N–H and O–H groups in total. The van der Waals surface area contributed by atoms with E-state index in [1.54, 1.807) is 0 Å². The molecular weight excluding hydrogens is 194 g/mol. The highest BCUT2D eigenvalue weighted by atomic mass is 14.8.